The van der Waals surface area contributed by atoms with E-state index >= 15 is 0 Å². The highest BCUT2D eigenvalue weighted by molar-refractivity contribution is 5.94. The molecule has 3 nitrogen and oxygen atoms in total. The molecule has 0 unspecified atom stereocenters. The van der Waals surface area contributed by atoms with E-state index in [1.54, 1.807) is 13.8 Å². The van der Waals surface area contributed by atoms with Crippen molar-refractivity contribution in [2.45, 2.75) is 20.8 Å². The van der Waals surface area contributed by atoms with Gasteiger partial charge in [-0.15, -0.1) is 0 Å². The van der Waals surface area contributed by atoms with E-state index in [0.29, 0.717) is 6.54 Å². The molecule has 20 heavy (non-hydrogen) atoms. The molecule has 0 aliphatic rings. The summed E-state index contributed by atoms with van der Waals surface area (Å²) in [5.41, 5.74) is 0.326. The predicted molar refractivity (Wildman–Crippen MR) is 83.3 cm³/mol. The Bertz CT molecular complexity index is 614. The van der Waals surface area contributed by atoms with Gasteiger partial charge in [0.25, 0.3) is 0 Å². The van der Waals surface area contributed by atoms with E-state index in [0.717, 1.165) is 17.6 Å². The van der Waals surface area contributed by atoms with Gasteiger partial charge in [-0.2, -0.15) is 0 Å². The summed E-state index contributed by atoms with van der Waals surface area (Å²) in [6.45, 7) is 6.86. The largest absolute Gasteiger partial charge is 0.481 e. The van der Waals surface area contributed by atoms with Gasteiger partial charge in [-0.1, -0.05) is 36.4 Å². The Kier molecular flexibility index (Phi) is 3.98. The van der Waals surface area contributed by atoms with E-state index in [2.05, 4.69) is 36.1 Å². The van der Waals surface area contributed by atoms with Crippen molar-refractivity contribution in [3.8, 4) is 0 Å². The van der Waals surface area contributed by atoms with Crippen molar-refractivity contribution in [1.29, 1.82) is 0 Å². The number of nitrogens with zero attached hydrogens (tertiary/aromatic N) is 1. The molecule has 0 aromatic heterocycles. The molecule has 3 heteroatoms. The molecule has 0 radical (unpaired) electrons. The zero-order valence-corrected chi connectivity index (χ0v) is 12.3. The average Bonchev–Trinajstić information content (AvgIpc) is 2.44. The van der Waals surface area contributed by atoms with E-state index in [9.17, 15) is 9.90 Å². The smallest absolute Gasteiger partial charge is 0.310 e. The van der Waals surface area contributed by atoms with Crippen LogP contribution in [0.5, 0.6) is 0 Å². The summed E-state index contributed by atoms with van der Waals surface area (Å²) in [6.07, 6.45) is 0. The maximum atomic E-state index is 11.3. The molecule has 0 heterocycles. The van der Waals surface area contributed by atoms with Crippen molar-refractivity contribution >= 4 is 22.4 Å². The van der Waals surface area contributed by atoms with Crippen LogP contribution in [-0.2, 0) is 4.79 Å². The van der Waals surface area contributed by atoms with E-state index in [4.69, 9.17) is 0 Å². The second-order valence-electron chi connectivity index (χ2n) is 5.70. The zero-order valence-electron chi connectivity index (χ0n) is 12.3. The third kappa shape index (κ3) is 2.77. The summed E-state index contributed by atoms with van der Waals surface area (Å²) in [4.78, 5) is 13.5. The van der Waals surface area contributed by atoms with Gasteiger partial charge in [-0.25, -0.2) is 0 Å². The van der Waals surface area contributed by atoms with Crippen LogP contribution in [0.2, 0.25) is 0 Å². The minimum atomic E-state index is -0.771. The first-order valence-corrected chi connectivity index (χ1v) is 6.92. The summed E-state index contributed by atoms with van der Waals surface area (Å²) < 4.78 is 0. The van der Waals surface area contributed by atoms with Gasteiger partial charge in [0.2, 0.25) is 0 Å². The van der Waals surface area contributed by atoms with Crippen molar-refractivity contribution in [2.75, 3.05) is 18.0 Å². The molecule has 0 amide bonds. The Morgan fingerprint density at radius 1 is 1.15 bits per heavy atom. The molecule has 0 spiro atoms. The molecule has 0 fully saturated rings. The lowest BCUT2D eigenvalue weighted by molar-refractivity contribution is -0.146. The molecule has 0 bridgehead atoms. The third-order valence-corrected chi connectivity index (χ3v) is 3.65. The Balaban J connectivity index is 2.42. The van der Waals surface area contributed by atoms with Crippen molar-refractivity contribution in [3.05, 3.63) is 42.5 Å². The Morgan fingerprint density at radius 2 is 1.80 bits per heavy atom. The number of benzene rings is 2. The van der Waals surface area contributed by atoms with E-state index < -0.39 is 11.4 Å². The maximum Gasteiger partial charge on any atom is 0.310 e. The van der Waals surface area contributed by atoms with Gasteiger partial charge in [0.1, 0.15) is 0 Å². The lowest BCUT2D eigenvalue weighted by Gasteiger charge is -2.31. The number of rotatable bonds is 5. The van der Waals surface area contributed by atoms with E-state index in [-0.39, 0.29) is 0 Å². The normalized spacial score (nSPS) is 11.6. The van der Waals surface area contributed by atoms with Crippen LogP contribution in [0.1, 0.15) is 20.8 Å². The first kappa shape index (κ1) is 14.4. The number of hydrogen-bond acceptors (Lipinski definition) is 2. The fourth-order valence-corrected chi connectivity index (χ4v) is 2.40. The van der Waals surface area contributed by atoms with Gasteiger partial charge < -0.3 is 10.0 Å². The second-order valence-corrected chi connectivity index (χ2v) is 5.70. The third-order valence-electron chi connectivity index (χ3n) is 3.65. The highest BCUT2D eigenvalue weighted by Gasteiger charge is 2.29. The zero-order chi connectivity index (χ0) is 14.8. The average molecular weight is 271 g/mol. The lowest BCUT2D eigenvalue weighted by atomic mass is 9.92. The van der Waals surface area contributed by atoms with E-state index in [1.165, 1.54) is 5.39 Å². The van der Waals surface area contributed by atoms with Crippen molar-refractivity contribution < 1.29 is 9.90 Å². The van der Waals surface area contributed by atoms with Crippen molar-refractivity contribution in [3.63, 3.8) is 0 Å². The maximum absolute atomic E-state index is 11.3. The topological polar surface area (TPSA) is 40.5 Å². The minimum absolute atomic E-state index is 0.493. The van der Waals surface area contributed by atoms with Gasteiger partial charge in [0, 0.05) is 24.2 Å². The number of carbonyl (C=O) groups is 1. The molecule has 2 aromatic rings. The van der Waals surface area contributed by atoms with Crippen LogP contribution in [0.15, 0.2) is 42.5 Å². The molecule has 2 rings (SSSR count). The Labute approximate surface area is 119 Å². The second kappa shape index (κ2) is 5.53. The Morgan fingerprint density at radius 3 is 2.45 bits per heavy atom. The summed E-state index contributed by atoms with van der Waals surface area (Å²) in [5, 5.41) is 11.7. The fraction of sp³-hybridized carbons (Fsp3) is 0.353. The van der Waals surface area contributed by atoms with E-state index in [1.807, 2.05) is 18.2 Å². The lowest BCUT2D eigenvalue weighted by Crippen LogP contribution is -2.39. The van der Waals surface area contributed by atoms with Gasteiger partial charge in [-0.05, 0) is 32.2 Å². The molecule has 0 aliphatic carbocycles. The van der Waals surface area contributed by atoms with Gasteiger partial charge >= 0.3 is 5.97 Å². The van der Waals surface area contributed by atoms with Crippen LogP contribution in [0.4, 0.5) is 5.69 Å². The number of carboxylic acids is 1. The fourth-order valence-electron chi connectivity index (χ4n) is 2.40. The summed E-state index contributed by atoms with van der Waals surface area (Å²) >= 11 is 0. The van der Waals surface area contributed by atoms with Gasteiger partial charge in [-0.3, -0.25) is 4.79 Å². The number of anilines is 1. The number of carboxylic acid groups (broad SMARTS) is 1. The molecule has 0 saturated heterocycles. The molecule has 0 saturated carbocycles. The van der Waals surface area contributed by atoms with Gasteiger partial charge in [0.15, 0.2) is 0 Å². The monoisotopic (exact) mass is 271 g/mol. The first-order valence-electron chi connectivity index (χ1n) is 6.92. The SMILES string of the molecule is CCN(CC(C)(C)C(=O)O)c1cccc2ccccc12. The van der Waals surface area contributed by atoms with Crippen LogP contribution >= 0.6 is 0 Å². The molecular formula is C17H21NO2. The first-order chi connectivity index (χ1) is 9.45. The van der Waals surface area contributed by atoms with Crippen LogP contribution in [-0.4, -0.2) is 24.2 Å². The molecule has 2 aromatic carbocycles. The summed E-state index contributed by atoms with van der Waals surface area (Å²) in [7, 11) is 0. The number of hydrogen-bond donors (Lipinski definition) is 1. The van der Waals surface area contributed by atoms with Gasteiger partial charge in [0.05, 0.1) is 5.41 Å². The Hall–Kier alpha value is -2.03. The molecule has 0 aliphatic heterocycles. The van der Waals surface area contributed by atoms with Crippen LogP contribution in [0.3, 0.4) is 0 Å². The predicted octanol–water partition coefficient (Wildman–Crippen LogP) is 3.78. The summed E-state index contributed by atoms with van der Waals surface area (Å²) in [6, 6.07) is 14.4. The number of aliphatic carboxylic acids is 1. The standard InChI is InChI=1S/C17H21NO2/c1-4-18(12-17(2,3)16(19)20)15-11-7-9-13-8-5-6-10-14(13)15/h5-11H,4,12H2,1-3H3,(H,19,20). The number of fused-ring (bicyclic) bond motifs is 1. The quantitative estimate of drug-likeness (QED) is 0.899. The summed E-state index contributed by atoms with van der Waals surface area (Å²) in [5.74, 6) is -0.767. The molecule has 1 N–H and O–H groups in total. The highest BCUT2D eigenvalue weighted by atomic mass is 16.4. The van der Waals surface area contributed by atoms with Crippen LogP contribution < -0.4 is 4.90 Å². The van der Waals surface area contributed by atoms with Crippen molar-refractivity contribution in [1.82, 2.24) is 0 Å². The molecular weight excluding hydrogens is 250 g/mol. The van der Waals surface area contributed by atoms with Crippen LogP contribution in [0, 0.1) is 5.41 Å². The van der Waals surface area contributed by atoms with Crippen molar-refractivity contribution in [2.24, 2.45) is 5.41 Å². The molecule has 0 atom stereocenters. The molecule has 106 valence electrons. The minimum Gasteiger partial charge on any atom is -0.481 e. The van der Waals surface area contributed by atoms with Crippen LogP contribution in [0.25, 0.3) is 10.8 Å². The highest BCUT2D eigenvalue weighted by Crippen LogP contribution is 2.29.